The third-order valence-corrected chi connectivity index (χ3v) is 3.54. The van der Waals surface area contributed by atoms with Gasteiger partial charge in [-0.3, -0.25) is 0 Å². The molecular weight excluding hydrogens is 241 g/mol. The first kappa shape index (κ1) is 9.83. The maximum absolute atomic E-state index is 6.04. The molecule has 0 unspecified atom stereocenters. The average molecular weight is 248 g/mol. The number of hydrogen-bond acceptors (Lipinski definition) is 3. The number of halogens is 2. The summed E-state index contributed by atoms with van der Waals surface area (Å²) in [5, 5.41) is 0.529. The molecule has 2 aromatic heterocycles. The van der Waals surface area contributed by atoms with Crippen molar-refractivity contribution in [1.29, 1.82) is 0 Å². The van der Waals surface area contributed by atoms with Crippen molar-refractivity contribution in [2.24, 2.45) is 7.05 Å². The zero-order valence-electron chi connectivity index (χ0n) is 7.29. The van der Waals surface area contributed by atoms with Crippen LogP contribution < -0.4 is 5.73 Å². The first-order valence-corrected chi connectivity index (χ1v) is 5.40. The Bertz CT molecular complexity index is 475. The van der Waals surface area contributed by atoms with Gasteiger partial charge in [0.15, 0.2) is 0 Å². The van der Waals surface area contributed by atoms with Crippen molar-refractivity contribution in [2.45, 2.75) is 0 Å². The Morgan fingerprint density at radius 1 is 1.43 bits per heavy atom. The topological polar surface area (TPSA) is 43.8 Å². The molecule has 2 rings (SSSR count). The Kier molecular flexibility index (Phi) is 2.43. The van der Waals surface area contributed by atoms with Gasteiger partial charge in [0.2, 0.25) is 5.95 Å². The van der Waals surface area contributed by atoms with Gasteiger partial charge in [-0.05, 0) is 12.1 Å². The van der Waals surface area contributed by atoms with Crippen molar-refractivity contribution in [2.75, 3.05) is 5.73 Å². The van der Waals surface area contributed by atoms with Crippen LogP contribution in [0.5, 0.6) is 0 Å². The fourth-order valence-electron chi connectivity index (χ4n) is 1.09. The lowest BCUT2D eigenvalue weighted by Crippen LogP contribution is -1.96. The van der Waals surface area contributed by atoms with Crippen LogP contribution in [0.25, 0.3) is 10.6 Å². The minimum absolute atomic E-state index is 0.398. The summed E-state index contributed by atoms with van der Waals surface area (Å²) >= 11 is 13.3. The molecule has 3 nitrogen and oxygen atoms in total. The normalized spacial score (nSPS) is 10.8. The van der Waals surface area contributed by atoms with E-state index in [1.54, 1.807) is 11.6 Å². The average Bonchev–Trinajstić information content (AvgIpc) is 2.66. The summed E-state index contributed by atoms with van der Waals surface area (Å²) in [5.74, 6) is 0.398. The Hall–Kier alpha value is -0.710. The third-order valence-electron chi connectivity index (χ3n) is 1.87. The number of nitrogens with zero attached hydrogens (tertiary/aromatic N) is 2. The van der Waals surface area contributed by atoms with Gasteiger partial charge in [-0.2, -0.15) is 0 Å². The maximum Gasteiger partial charge on any atom is 0.201 e. The number of nitrogens with two attached hydrogens (primary N) is 1. The Morgan fingerprint density at radius 3 is 2.57 bits per heavy atom. The fourth-order valence-corrected chi connectivity index (χ4v) is 2.41. The van der Waals surface area contributed by atoms with Gasteiger partial charge in [-0.1, -0.05) is 23.2 Å². The SMILES string of the molecule is Cn1c(N)nc(-c2ccc(Cl)s2)c1Cl. The molecule has 0 saturated carbocycles. The summed E-state index contributed by atoms with van der Waals surface area (Å²) in [4.78, 5) is 5.08. The molecule has 0 bridgehead atoms. The molecule has 14 heavy (non-hydrogen) atoms. The van der Waals surface area contributed by atoms with Gasteiger partial charge in [0.1, 0.15) is 10.8 Å². The van der Waals surface area contributed by atoms with Gasteiger partial charge in [-0.25, -0.2) is 4.98 Å². The second-order valence-electron chi connectivity index (χ2n) is 2.77. The molecule has 0 aliphatic rings. The van der Waals surface area contributed by atoms with Crippen LogP contribution in [0, 0.1) is 0 Å². The van der Waals surface area contributed by atoms with Crippen LogP contribution in [0.15, 0.2) is 12.1 Å². The molecule has 0 radical (unpaired) electrons. The molecule has 0 aliphatic carbocycles. The van der Waals surface area contributed by atoms with Gasteiger partial charge in [-0.15, -0.1) is 11.3 Å². The first-order chi connectivity index (χ1) is 6.59. The Morgan fingerprint density at radius 2 is 2.14 bits per heavy atom. The number of rotatable bonds is 1. The van der Waals surface area contributed by atoms with E-state index >= 15 is 0 Å². The van der Waals surface area contributed by atoms with E-state index in [1.807, 2.05) is 12.1 Å². The molecule has 2 heterocycles. The number of aromatic nitrogens is 2. The van der Waals surface area contributed by atoms with Gasteiger partial charge in [0.25, 0.3) is 0 Å². The van der Waals surface area contributed by atoms with E-state index in [9.17, 15) is 0 Å². The molecule has 0 atom stereocenters. The summed E-state index contributed by atoms with van der Waals surface area (Å²) in [7, 11) is 1.77. The Labute approximate surface area is 95.1 Å². The van der Waals surface area contributed by atoms with Crippen molar-refractivity contribution >= 4 is 40.5 Å². The van der Waals surface area contributed by atoms with Crippen molar-refractivity contribution in [3.05, 3.63) is 21.6 Å². The molecule has 0 spiro atoms. The lowest BCUT2D eigenvalue weighted by molar-refractivity contribution is 0.931. The molecule has 2 aromatic rings. The number of nitrogen functional groups attached to an aromatic ring is 1. The number of thiophene rings is 1. The molecule has 0 fully saturated rings. The second kappa shape index (κ2) is 3.46. The van der Waals surface area contributed by atoms with E-state index in [2.05, 4.69) is 4.98 Å². The van der Waals surface area contributed by atoms with Gasteiger partial charge in [0, 0.05) is 7.05 Å². The van der Waals surface area contributed by atoms with Crippen molar-refractivity contribution < 1.29 is 0 Å². The zero-order chi connectivity index (χ0) is 10.3. The molecule has 0 aliphatic heterocycles. The molecule has 6 heteroatoms. The molecule has 2 N–H and O–H groups in total. The zero-order valence-corrected chi connectivity index (χ0v) is 9.62. The summed E-state index contributed by atoms with van der Waals surface area (Å²) in [6.07, 6.45) is 0. The van der Waals surface area contributed by atoms with E-state index in [4.69, 9.17) is 28.9 Å². The van der Waals surface area contributed by atoms with Crippen LogP contribution in [-0.4, -0.2) is 9.55 Å². The number of anilines is 1. The van der Waals surface area contributed by atoms with Crippen LogP contribution in [0.2, 0.25) is 9.49 Å². The van der Waals surface area contributed by atoms with E-state index in [0.717, 1.165) is 4.88 Å². The van der Waals surface area contributed by atoms with Crippen LogP contribution >= 0.6 is 34.5 Å². The molecule has 0 amide bonds. The monoisotopic (exact) mass is 247 g/mol. The summed E-state index contributed by atoms with van der Waals surface area (Å²) in [5.41, 5.74) is 6.31. The van der Waals surface area contributed by atoms with Crippen LogP contribution in [0.4, 0.5) is 5.95 Å². The second-order valence-corrected chi connectivity index (χ2v) is 4.85. The lowest BCUT2D eigenvalue weighted by atomic mass is 10.4. The molecule has 0 aromatic carbocycles. The number of hydrogen-bond donors (Lipinski definition) is 1. The van der Waals surface area contributed by atoms with Gasteiger partial charge < -0.3 is 10.3 Å². The highest BCUT2D eigenvalue weighted by molar-refractivity contribution is 7.19. The lowest BCUT2D eigenvalue weighted by Gasteiger charge is -1.94. The van der Waals surface area contributed by atoms with Crippen LogP contribution in [-0.2, 0) is 7.05 Å². The summed E-state index contributed by atoms with van der Waals surface area (Å²) in [6, 6.07) is 3.68. The predicted octanol–water partition coefficient (Wildman–Crippen LogP) is 3.04. The highest BCUT2D eigenvalue weighted by atomic mass is 35.5. The van der Waals surface area contributed by atoms with Gasteiger partial charge in [0.05, 0.1) is 9.21 Å². The van der Waals surface area contributed by atoms with Crippen LogP contribution in [0.1, 0.15) is 0 Å². The van der Waals surface area contributed by atoms with Crippen molar-refractivity contribution in [3.8, 4) is 10.6 Å². The van der Waals surface area contributed by atoms with Gasteiger partial charge >= 0.3 is 0 Å². The highest BCUT2D eigenvalue weighted by Gasteiger charge is 2.13. The summed E-state index contributed by atoms with van der Waals surface area (Å²) < 4.78 is 2.34. The predicted molar refractivity (Wildman–Crippen MR) is 61.0 cm³/mol. The van der Waals surface area contributed by atoms with E-state index in [0.29, 0.717) is 21.1 Å². The van der Waals surface area contributed by atoms with E-state index < -0.39 is 0 Å². The van der Waals surface area contributed by atoms with Crippen molar-refractivity contribution in [3.63, 3.8) is 0 Å². The smallest absolute Gasteiger partial charge is 0.201 e. The third kappa shape index (κ3) is 1.49. The number of imidazole rings is 1. The first-order valence-electron chi connectivity index (χ1n) is 3.83. The molecule has 0 saturated heterocycles. The maximum atomic E-state index is 6.04. The van der Waals surface area contributed by atoms with Crippen molar-refractivity contribution in [1.82, 2.24) is 9.55 Å². The largest absolute Gasteiger partial charge is 0.369 e. The minimum atomic E-state index is 0.398. The van der Waals surface area contributed by atoms with Crippen LogP contribution in [0.3, 0.4) is 0 Å². The molecule has 74 valence electrons. The van der Waals surface area contributed by atoms with E-state index in [-0.39, 0.29) is 0 Å². The fraction of sp³-hybridized carbons (Fsp3) is 0.125. The Balaban J connectivity index is 2.57. The minimum Gasteiger partial charge on any atom is -0.369 e. The van der Waals surface area contributed by atoms with E-state index in [1.165, 1.54) is 11.3 Å². The highest BCUT2D eigenvalue weighted by Crippen LogP contribution is 2.35. The molecular formula is C8H7Cl2N3S. The standard InChI is InChI=1S/C8H7Cl2N3S/c1-13-7(10)6(12-8(13)11)4-2-3-5(9)14-4/h2-3H,1H3,(H2,11,12). The quantitative estimate of drug-likeness (QED) is 0.842. The summed E-state index contributed by atoms with van der Waals surface area (Å²) in [6.45, 7) is 0.